The van der Waals surface area contributed by atoms with Crippen LogP contribution in [0.3, 0.4) is 0 Å². The molecule has 2 heteroatoms. The first kappa shape index (κ1) is 15.2. The summed E-state index contributed by atoms with van der Waals surface area (Å²) in [6.45, 7) is 9.47. The maximum Gasteiger partial charge on any atom is 0.158 e. The summed E-state index contributed by atoms with van der Waals surface area (Å²) in [4.78, 5) is 11.6. The summed E-state index contributed by atoms with van der Waals surface area (Å²) in [6, 6.07) is 0. The van der Waals surface area contributed by atoms with Crippen molar-refractivity contribution in [3.8, 4) is 0 Å². The molecule has 1 aliphatic rings. The molecule has 0 amide bonds. The molecule has 0 saturated heterocycles. The highest BCUT2D eigenvalue weighted by atomic mass is 16.5. The fourth-order valence-corrected chi connectivity index (χ4v) is 2.15. The van der Waals surface area contributed by atoms with E-state index in [9.17, 15) is 4.79 Å². The van der Waals surface area contributed by atoms with Gasteiger partial charge in [0.1, 0.15) is 6.61 Å². The predicted octanol–water partition coefficient (Wildman–Crippen LogP) is 3.92. The van der Waals surface area contributed by atoms with Gasteiger partial charge in [-0.1, -0.05) is 37.1 Å². The highest BCUT2D eigenvalue weighted by Gasteiger charge is 2.16. The average molecular weight is 250 g/mol. The van der Waals surface area contributed by atoms with E-state index in [1.54, 1.807) is 0 Å². The van der Waals surface area contributed by atoms with Crippen molar-refractivity contribution in [3.05, 3.63) is 23.3 Å². The standard InChI is InChI=1S/C16H26O2/c1-12(2)8-9-15(17)10-18-11-16-13(3)6-5-7-14(16)4/h6-7,12,16H,5,8-11H2,1-4H3. The minimum atomic E-state index is 0.225. The molecule has 0 aromatic rings. The van der Waals surface area contributed by atoms with Crippen LogP contribution in [0.2, 0.25) is 0 Å². The molecule has 0 fully saturated rings. The zero-order valence-corrected chi connectivity index (χ0v) is 12.2. The molecule has 0 atom stereocenters. The lowest BCUT2D eigenvalue weighted by atomic mass is 9.88. The van der Waals surface area contributed by atoms with Gasteiger partial charge in [0.15, 0.2) is 5.78 Å². The van der Waals surface area contributed by atoms with Crippen molar-refractivity contribution in [2.75, 3.05) is 13.2 Å². The minimum absolute atomic E-state index is 0.225. The van der Waals surface area contributed by atoms with Gasteiger partial charge in [-0.3, -0.25) is 4.79 Å². The fourth-order valence-electron chi connectivity index (χ4n) is 2.15. The van der Waals surface area contributed by atoms with Crippen molar-refractivity contribution in [1.82, 2.24) is 0 Å². The molecule has 0 aromatic heterocycles. The number of carbonyl (C=O) groups is 1. The Labute approximate surface area is 111 Å². The summed E-state index contributed by atoms with van der Waals surface area (Å²) in [5, 5.41) is 0. The Morgan fingerprint density at radius 2 is 1.94 bits per heavy atom. The third kappa shape index (κ3) is 5.18. The average Bonchev–Trinajstić information content (AvgIpc) is 2.30. The number of rotatable bonds is 7. The van der Waals surface area contributed by atoms with Crippen LogP contribution in [0.25, 0.3) is 0 Å². The van der Waals surface area contributed by atoms with E-state index in [-0.39, 0.29) is 12.4 Å². The van der Waals surface area contributed by atoms with Crippen molar-refractivity contribution in [2.24, 2.45) is 11.8 Å². The second-order valence-corrected chi connectivity index (χ2v) is 5.67. The van der Waals surface area contributed by atoms with Crippen LogP contribution >= 0.6 is 0 Å². The summed E-state index contributed by atoms with van der Waals surface area (Å²) in [7, 11) is 0. The highest BCUT2D eigenvalue weighted by Crippen LogP contribution is 2.25. The first-order valence-electron chi connectivity index (χ1n) is 6.93. The number of carbonyl (C=O) groups excluding carboxylic acids is 1. The third-order valence-electron chi connectivity index (χ3n) is 3.53. The van der Waals surface area contributed by atoms with Crippen LogP contribution < -0.4 is 0 Å². The van der Waals surface area contributed by atoms with E-state index in [0.29, 0.717) is 24.9 Å². The van der Waals surface area contributed by atoms with Crippen LogP contribution in [-0.2, 0) is 9.53 Å². The van der Waals surface area contributed by atoms with Crippen molar-refractivity contribution in [1.29, 1.82) is 0 Å². The fraction of sp³-hybridized carbons (Fsp3) is 0.688. The Morgan fingerprint density at radius 1 is 1.33 bits per heavy atom. The third-order valence-corrected chi connectivity index (χ3v) is 3.53. The molecule has 18 heavy (non-hydrogen) atoms. The van der Waals surface area contributed by atoms with Gasteiger partial charge < -0.3 is 4.74 Å². The van der Waals surface area contributed by atoms with Gasteiger partial charge in [-0.15, -0.1) is 0 Å². The molecule has 102 valence electrons. The first-order valence-corrected chi connectivity index (χ1v) is 6.93. The number of allylic oxidation sites excluding steroid dienone is 2. The molecule has 0 aliphatic heterocycles. The van der Waals surface area contributed by atoms with Crippen LogP contribution in [-0.4, -0.2) is 19.0 Å². The van der Waals surface area contributed by atoms with Gasteiger partial charge in [0.2, 0.25) is 0 Å². The first-order chi connectivity index (χ1) is 8.50. The van der Waals surface area contributed by atoms with E-state index in [2.05, 4.69) is 39.8 Å². The van der Waals surface area contributed by atoms with E-state index >= 15 is 0 Å². The second-order valence-electron chi connectivity index (χ2n) is 5.67. The summed E-state index contributed by atoms with van der Waals surface area (Å²) < 4.78 is 5.58. The smallest absolute Gasteiger partial charge is 0.158 e. The van der Waals surface area contributed by atoms with E-state index in [0.717, 1.165) is 12.8 Å². The number of hydrogen-bond donors (Lipinski definition) is 0. The zero-order chi connectivity index (χ0) is 13.5. The van der Waals surface area contributed by atoms with Crippen molar-refractivity contribution < 1.29 is 9.53 Å². The molecule has 1 rings (SSSR count). The molecule has 0 heterocycles. The van der Waals surface area contributed by atoms with Crippen LogP contribution in [0.15, 0.2) is 23.3 Å². The Bertz CT molecular complexity index is 319. The monoisotopic (exact) mass is 250 g/mol. The maximum atomic E-state index is 11.6. The number of Topliss-reactive ketones (excluding diaryl/α,β-unsaturated/α-hetero) is 1. The number of hydrogen-bond acceptors (Lipinski definition) is 2. The Balaban J connectivity index is 2.25. The summed E-state index contributed by atoms with van der Waals surface area (Å²) >= 11 is 0. The topological polar surface area (TPSA) is 26.3 Å². The van der Waals surface area contributed by atoms with E-state index < -0.39 is 0 Å². The second kappa shape index (κ2) is 7.52. The van der Waals surface area contributed by atoms with Gasteiger partial charge in [-0.25, -0.2) is 0 Å². The Kier molecular flexibility index (Phi) is 6.34. The summed E-state index contributed by atoms with van der Waals surface area (Å²) in [6.07, 6.45) is 7.11. The van der Waals surface area contributed by atoms with Crippen LogP contribution in [0.1, 0.15) is 47.0 Å². The largest absolute Gasteiger partial charge is 0.373 e. The molecule has 0 radical (unpaired) electrons. The molecular formula is C16H26O2. The van der Waals surface area contributed by atoms with Gasteiger partial charge in [-0.2, -0.15) is 0 Å². The van der Waals surface area contributed by atoms with E-state index in [4.69, 9.17) is 4.74 Å². The molecule has 0 spiro atoms. The maximum absolute atomic E-state index is 11.6. The van der Waals surface area contributed by atoms with E-state index in [1.807, 2.05) is 0 Å². The molecular weight excluding hydrogens is 224 g/mol. The number of ketones is 1. The van der Waals surface area contributed by atoms with Gasteiger partial charge in [0, 0.05) is 12.3 Å². The number of ether oxygens (including phenoxy) is 1. The SMILES string of the molecule is CC1=CCC=C(C)C1COCC(=O)CCC(C)C. The molecule has 0 unspecified atom stereocenters. The van der Waals surface area contributed by atoms with Crippen LogP contribution in [0.4, 0.5) is 0 Å². The van der Waals surface area contributed by atoms with Crippen molar-refractivity contribution >= 4 is 5.78 Å². The zero-order valence-electron chi connectivity index (χ0n) is 12.2. The van der Waals surface area contributed by atoms with Crippen molar-refractivity contribution in [3.63, 3.8) is 0 Å². The lowest BCUT2D eigenvalue weighted by Gasteiger charge is -2.22. The molecule has 1 aliphatic carbocycles. The Morgan fingerprint density at radius 3 is 2.50 bits per heavy atom. The van der Waals surface area contributed by atoms with Gasteiger partial charge in [-0.05, 0) is 32.6 Å². The normalized spacial score (nSPS) is 16.7. The lowest BCUT2D eigenvalue weighted by Crippen LogP contribution is -2.18. The van der Waals surface area contributed by atoms with E-state index in [1.165, 1.54) is 11.1 Å². The predicted molar refractivity (Wildman–Crippen MR) is 75.5 cm³/mol. The molecule has 0 aromatic carbocycles. The van der Waals surface area contributed by atoms with Crippen LogP contribution in [0, 0.1) is 11.8 Å². The summed E-state index contributed by atoms with van der Waals surface area (Å²) in [5.74, 6) is 1.18. The van der Waals surface area contributed by atoms with Crippen LogP contribution in [0.5, 0.6) is 0 Å². The van der Waals surface area contributed by atoms with Gasteiger partial charge >= 0.3 is 0 Å². The Hall–Kier alpha value is -0.890. The molecule has 0 N–H and O–H groups in total. The molecule has 0 bridgehead atoms. The van der Waals surface area contributed by atoms with Gasteiger partial charge in [0.25, 0.3) is 0 Å². The molecule has 0 saturated carbocycles. The highest BCUT2D eigenvalue weighted by molar-refractivity contribution is 5.79. The lowest BCUT2D eigenvalue weighted by molar-refractivity contribution is -0.124. The molecule has 2 nitrogen and oxygen atoms in total. The van der Waals surface area contributed by atoms with Gasteiger partial charge in [0.05, 0.1) is 6.61 Å². The van der Waals surface area contributed by atoms with Crippen molar-refractivity contribution in [2.45, 2.75) is 47.0 Å². The quantitative estimate of drug-likeness (QED) is 0.640. The minimum Gasteiger partial charge on any atom is -0.373 e. The summed E-state index contributed by atoms with van der Waals surface area (Å²) in [5.41, 5.74) is 2.73.